The highest BCUT2D eigenvalue weighted by Gasteiger charge is 2.70. The van der Waals surface area contributed by atoms with Crippen LogP contribution in [0.15, 0.2) is 41.5 Å². The van der Waals surface area contributed by atoms with Gasteiger partial charge in [0.1, 0.15) is 6.10 Å². The predicted octanol–water partition coefficient (Wildman–Crippen LogP) is 9.36. The maximum absolute atomic E-state index is 14.1. The second kappa shape index (κ2) is 14.2. The van der Waals surface area contributed by atoms with Crippen LogP contribution in [0.25, 0.3) is 0 Å². The number of esters is 1. The lowest BCUT2D eigenvalue weighted by molar-refractivity contribution is -0.233. The number of carboxylic acid groups (broad SMARTS) is 2. The van der Waals surface area contributed by atoms with Gasteiger partial charge < -0.3 is 14.9 Å². The number of ketones is 1. The molecule has 0 bridgehead atoms. The van der Waals surface area contributed by atoms with Gasteiger partial charge >= 0.3 is 17.9 Å². The first-order chi connectivity index (χ1) is 25.1. The van der Waals surface area contributed by atoms with E-state index in [0.717, 1.165) is 68.9 Å². The number of benzene rings is 1. The molecule has 0 aliphatic heterocycles. The van der Waals surface area contributed by atoms with Gasteiger partial charge in [-0.3, -0.25) is 24.1 Å². The third-order valence-corrected chi connectivity index (χ3v) is 16.5. The first-order valence-electron chi connectivity index (χ1n) is 20.8. The molecule has 5 aliphatic carbocycles. The van der Waals surface area contributed by atoms with Gasteiger partial charge in [0.25, 0.3) is 0 Å². The number of fused-ring (bicyclic) bond motifs is 7. The first kappa shape index (κ1) is 40.7. The molecular formula is C46H67NO7. The van der Waals surface area contributed by atoms with Crippen LogP contribution in [0.2, 0.25) is 0 Å². The van der Waals surface area contributed by atoms with Crippen molar-refractivity contribution < 1.29 is 34.1 Å². The van der Waals surface area contributed by atoms with E-state index in [1.165, 1.54) is 5.57 Å². The van der Waals surface area contributed by atoms with E-state index in [4.69, 9.17) is 4.74 Å². The van der Waals surface area contributed by atoms with E-state index < -0.39 is 23.3 Å². The van der Waals surface area contributed by atoms with E-state index in [9.17, 15) is 29.4 Å². The second-order valence-corrected chi connectivity index (χ2v) is 20.5. The molecule has 2 unspecified atom stereocenters. The van der Waals surface area contributed by atoms with Crippen molar-refractivity contribution in [3.05, 3.63) is 47.0 Å². The summed E-state index contributed by atoms with van der Waals surface area (Å²) >= 11 is 0. The largest absolute Gasteiger partial charge is 0.481 e. The smallest absolute Gasteiger partial charge is 0.317 e. The molecule has 8 atom stereocenters. The van der Waals surface area contributed by atoms with Gasteiger partial charge in [0.05, 0.1) is 18.4 Å². The predicted molar refractivity (Wildman–Crippen MR) is 209 cm³/mol. The lowest BCUT2D eigenvalue weighted by Gasteiger charge is -2.72. The van der Waals surface area contributed by atoms with Gasteiger partial charge in [0.15, 0.2) is 5.78 Å². The Balaban J connectivity index is 1.27. The molecule has 0 heterocycles. The molecule has 2 N–H and O–H groups in total. The molecule has 8 heteroatoms. The Hall–Kier alpha value is -3.00. The molecule has 8 nitrogen and oxygen atoms in total. The number of rotatable bonds is 12. The molecule has 4 fully saturated rings. The Bertz CT molecular complexity index is 1680. The molecule has 0 spiro atoms. The molecule has 4 saturated carbocycles. The van der Waals surface area contributed by atoms with E-state index >= 15 is 0 Å². The number of carbonyl (C=O) groups excluding carboxylic acids is 2. The molecule has 6 rings (SSSR count). The van der Waals surface area contributed by atoms with Crippen molar-refractivity contribution in [2.24, 2.45) is 56.2 Å². The summed E-state index contributed by atoms with van der Waals surface area (Å²) in [6, 6.07) is 10.1. The molecule has 5 aliphatic rings. The van der Waals surface area contributed by atoms with Gasteiger partial charge in [0, 0.05) is 23.8 Å². The average Bonchev–Trinajstić information content (AvgIpc) is 3.37. The molecular weight excluding hydrogens is 679 g/mol. The topological polar surface area (TPSA) is 121 Å². The van der Waals surface area contributed by atoms with Crippen molar-refractivity contribution in [2.75, 3.05) is 13.1 Å². The fourth-order valence-corrected chi connectivity index (χ4v) is 13.5. The third kappa shape index (κ3) is 6.68. The molecule has 1 aromatic rings. The molecule has 0 saturated heterocycles. The van der Waals surface area contributed by atoms with Crippen LogP contribution in [-0.2, 0) is 30.5 Å². The van der Waals surface area contributed by atoms with Crippen molar-refractivity contribution in [3.63, 3.8) is 0 Å². The number of nitrogens with zero attached hydrogens (tertiary/aromatic N) is 1. The van der Waals surface area contributed by atoms with Crippen molar-refractivity contribution >= 4 is 23.7 Å². The van der Waals surface area contributed by atoms with E-state index in [1.807, 2.05) is 18.2 Å². The van der Waals surface area contributed by atoms with E-state index in [-0.39, 0.29) is 52.1 Å². The van der Waals surface area contributed by atoms with Crippen LogP contribution in [-0.4, -0.2) is 58.0 Å². The van der Waals surface area contributed by atoms with Crippen molar-refractivity contribution in [3.8, 4) is 0 Å². The van der Waals surface area contributed by atoms with Gasteiger partial charge in [-0.05, 0) is 129 Å². The standard InChI is InChI=1S/C46H67NO7/c1-29(2)38-32(48)25-46(23-24-47(28-36(49)50)27-30-13-11-10-12-14-30)22-21-44(8)31(39(38)46)15-16-34-43(7)19-18-35(54-37(51)26-41(3,4)40(52)53)42(5,6)33(43)17-20-45(34,44)9/h10-14,29,31,33-35H,15-28H2,1-9H3,(H,49,50)(H,52,53)/t31-,33?,34?,35+,43+,44-,45-,46-/m1/s1. The zero-order valence-corrected chi connectivity index (χ0v) is 34.6. The van der Waals surface area contributed by atoms with Crippen LogP contribution >= 0.6 is 0 Å². The monoisotopic (exact) mass is 745 g/mol. The quantitative estimate of drug-likeness (QED) is 0.203. The summed E-state index contributed by atoms with van der Waals surface area (Å²) < 4.78 is 6.17. The molecule has 1 aromatic carbocycles. The highest BCUT2D eigenvalue weighted by Crippen LogP contribution is 2.77. The zero-order chi connectivity index (χ0) is 39.6. The fourth-order valence-electron chi connectivity index (χ4n) is 13.5. The summed E-state index contributed by atoms with van der Waals surface area (Å²) in [6.07, 6.45) is 9.06. The van der Waals surface area contributed by atoms with Gasteiger partial charge in [-0.25, -0.2) is 0 Å². The van der Waals surface area contributed by atoms with Crippen LogP contribution in [0.5, 0.6) is 0 Å². The van der Waals surface area contributed by atoms with Gasteiger partial charge in [-0.15, -0.1) is 0 Å². The summed E-state index contributed by atoms with van der Waals surface area (Å²) in [5.41, 5.74) is 2.11. The maximum Gasteiger partial charge on any atom is 0.317 e. The molecule has 0 aromatic heterocycles. The van der Waals surface area contributed by atoms with Crippen molar-refractivity contribution in [2.45, 2.75) is 146 Å². The summed E-state index contributed by atoms with van der Waals surface area (Å²) in [7, 11) is 0. The Morgan fingerprint density at radius 3 is 2.20 bits per heavy atom. The van der Waals surface area contributed by atoms with Crippen LogP contribution in [0.3, 0.4) is 0 Å². The first-order valence-corrected chi connectivity index (χ1v) is 20.8. The normalized spacial score (nSPS) is 35.9. The molecule has 298 valence electrons. The van der Waals surface area contributed by atoms with E-state index in [1.54, 1.807) is 13.8 Å². The van der Waals surface area contributed by atoms with E-state index in [0.29, 0.717) is 43.0 Å². The van der Waals surface area contributed by atoms with Crippen LogP contribution in [0.4, 0.5) is 0 Å². The minimum Gasteiger partial charge on any atom is -0.481 e. The van der Waals surface area contributed by atoms with Gasteiger partial charge in [0.2, 0.25) is 0 Å². The number of Topliss-reactive ketones (excluding diaryl/α,β-unsaturated/α-hetero) is 1. The maximum atomic E-state index is 14.1. The van der Waals surface area contributed by atoms with Crippen LogP contribution < -0.4 is 0 Å². The second-order valence-electron chi connectivity index (χ2n) is 20.5. The van der Waals surface area contributed by atoms with Crippen molar-refractivity contribution in [1.82, 2.24) is 4.90 Å². The Labute approximate surface area is 323 Å². The highest BCUT2D eigenvalue weighted by molar-refractivity contribution is 6.00. The van der Waals surface area contributed by atoms with Gasteiger partial charge in [-0.1, -0.05) is 84.4 Å². The average molecular weight is 746 g/mol. The number of aliphatic carboxylic acids is 2. The minimum absolute atomic E-state index is 0.0215. The number of hydrogen-bond acceptors (Lipinski definition) is 6. The SMILES string of the molecule is CC(C)C1=C2[C@H]3CCC4[C@@]5(C)CC[C@H](OC(=O)CC(C)(C)C(=O)O)C(C)(C)C5CC[C@@]4(C)[C@]3(C)CC[C@@]2(CCN(CC(=O)O)Cc2ccccc2)CC1=O. The zero-order valence-electron chi connectivity index (χ0n) is 34.6. The molecule has 0 amide bonds. The minimum atomic E-state index is -1.17. The molecule has 0 radical (unpaired) electrons. The number of allylic oxidation sites excluding steroid dienone is 2. The number of hydrogen-bond donors (Lipinski definition) is 2. The Morgan fingerprint density at radius 1 is 0.889 bits per heavy atom. The lowest BCUT2D eigenvalue weighted by Crippen LogP contribution is -2.65. The van der Waals surface area contributed by atoms with Crippen LogP contribution in [0, 0.1) is 56.2 Å². The Kier molecular flexibility index (Phi) is 10.7. The molecule has 54 heavy (non-hydrogen) atoms. The fraction of sp³-hybridized carbons (Fsp3) is 0.739. The number of carbonyl (C=O) groups is 4. The summed E-state index contributed by atoms with van der Waals surface area (Å²) in [5.74, 6) is -0.599. The highest BCUT2D eigenvalue weighted by atomic mass is 16.5. The summed E-state index contributed by atoms with van der Waals surface area (Å²) in [5, 5.41) is 19.5. The Morgan fingerprint density at radius 2 is 1.57 bits per heavy atom. The lowest BCUT2D eigenvalue weighted by atomic mass is 9.33. The van der Waals surface area contributed by atoms with E-state index in [2.05, 4.69) is 65.5 Å². The van der Waals surface area contributed by atoms with Gasteiger partial charge in [-0.2, -0.15) is 0 Å². The number of ether oxygens (including phenoxy) is 1. The third-order valence-electron chi connectivity index (χ3n) is 16.5. The summed E-state index contributed by atoms with van der Waals surface area (Å²) in [4.78, 5) is 53.1. The van der Waals surface area contributed by atoms with Crippen LogP contribution in [0.1, 0.15) is 139 Å². The van der Waals surface area contributed by atoms with Crippen molar-refractivity contribution in [1.29, 1.82) is 0 Å². The summed E-state index contributed by atoms with van der Waals surface area (Å²) in [6.45, 7) is 20.9. The number of carboxylic acids is 2.